The van der Waals surface area contributed by atoms with Crippen molar-refractivity contribution in [3.05, 3.63) is 0 Å². The van der Waals surface area contributed by atoms with Crippen LogP contribution < -0.4 is 5.32 Å². The normalized spacial score (nSPS) is 10.6. The quantitative estimate of drug-likeness (QED) is 0.634. The second-order valence-electron chi connectivity index (χ2n) is 3.78. The van der Waals surface area contributed by atoms with Gasteiger partial charge in [-0.2, -0.15) is 0 Å². The molecule has 0 aliphatic heterocycles. The minimum Gasteiger partial charge on any atom is -0.343 e. The lowest BCUT2D eigenvalue weighted by atomic mass is 10.2. The van der Waals surface area contributed by atoms with Crippen LogP contribution in [-0.4, -0.2) is 36.5 Å². The molecule has 1 amide bonds. The van der Waals surface area contributed by atoms with E-state index in [0.29, 0.717) is 12.5 Å². The maximum atomic E-state index is 11.5. The third-order valence-corrected chi connectivity index (χ3v) is 2.24. The number of hydrogen-bond acceptors (Lipinski definition) is 2. The van der Waals surface area contributed by atoms with Crippen LogP contribution in [0.1, 0.15) is 40.5 Å². The van der Waals surface area contributed by atoms with Crippen LogP contribution in [-0.2, 0) is 4.79 Å². The third-order valence-electron chi connectivity index (χ3n) is 2.24. The Morgan fingerprint density at radius 2 is 1.86 bits per heavy atom. The summed E-state index contributed by atoms with van der Waals surface area (Å²) >= 11 is 0. The van der Waals surface area contributed by atoms with Crippen molar-refractivity contribution in [2.45, 2.75) is 46.6 Å². The van der Waals surface area contributed by atoms with Crippen molar-refractivity contribution < 1.29 is 4.79 Å². The van der Waals surface area contributed by atoms with Crippen LogP contribution >= 0.6 is 0 Å². The van der Waals surface area contributed by atoms with Gasteiger partial charge < -0.3 is 10.2 Å². The second-order valence-corrected chi connectivity index (χ2v) is 3.78. The summed E-state index contributed by atoms with van der Waals surface area (Å²) in [5, 5.41) is 3.31. The van der Waals surface area contributed by atoms with Gasteiger partial charge in [-0.1, -0.05) is 13.8 Å². The molecule has 0 saturated carbocycles. The van der Waals surface area contributed by atoms with E-state index in [-0.39, 0.29) is 5.91 Å². The number of nitrogens with one attached hydrogen (secondary N) is 1. The molecule has 0 aromatic rings. The molecule has 0 spiro atoms. The maximum Gasteiger partial charge on any atom is 0.222 e. The number of carbonyl (C=O) groups is 1. The lowest BCUT2D eigenvalue weighted by Gasteiger charge is -2.18. The first-order chi connectivity index (χ1) is 6.61. The summed E-state index contributed by atoms with van der Waals surface area (Å²) in [6.07, 6.45) is 1.61. The number of hydrogen-bond donors (Lipinski definition) is 1. The molecule has 0 radical (unpaired) electrons. The highest BCUT2D eigenvalue weighted by Gasteiger charge is 2.08. The summed E-state index contributed by atoms with van der Waals surface area (Å²) in [4.78, 5) is 13.4. The van der Waals surface area contributed by atoms with Gasteiger partial charge in [-0.25, -0.2) is 0 Å². The van der Waals surface area contributed by atoms with Crippen molar-refractivity contribution in [3.8, 4) is 0 Å². The number of amides is 1. The molecular weight excluding hydrogens is 176 g/mol. The van der Waals surface area contributed by atoms with E-state index in [1.165, 1.54) is 0 Å². The Bertz CT molecular complexity index is 153. The number of carbonyl (C=O) groups excluding carboxylic acids is 1. The molecule has 0 aromatic carbocycles. The Hall–Kier alpha value is -0.570. The molecule has 0 aromatic heterocycles. The fourth-order valence-electron chi connectivity index (χ4n) is 1.36. The van der Waals surface area contributed by atoms with Gasteiger partial charge in [0, 0.05) is 25.6 Å². The molecule has 0 heterocycles. The Balaban J connectivity index is 3.52. The average Bonchev–Trinajstić information content (AvgIpc) is 2.14. The lowest BCUT2D eigenvalue weighted by molar-refractivity contribution is -0.130. The molecule has 0 bridgehead atoms. The van der Waals surface area contributed by atoms with Gasteiger partial charge in [0.2, 0.25) is 5.91 Å². The molecule has 0 atom stereocenters. The first-order valence-corrected chi connectivity index (χ1v) is 5.62. The van der Waals surface area contributed by atoms with Crippen LogP contribution in [0.15, 0.2) is 0 Å². The summed E-state index contributed by atoms with van der Waals surface area (Å²) < 4.78 is 0. The number of nitrogens with zero attached hydrogens (tertiary/aromatic N) is 1. The highest BCUT2D eigenvalue weighted by Crippen LogP contribution is 1.97. The SMILES string of the molecule is CCN(CC)C(=O)CCCNC(C)C. The average molecular weight is 200 g/mol. The molecule has 3 heteroatoms. The van der Waals surface area contributed by atoms with E-state index in [2.05, 4.69) is 19.2 Å². The number of rotatable bonds is 7. The van der Waals surface area contributed by atoms with E-state index < -0.39 is 0 Å². The smallest absolute Gasteiger partial charge is 0.222 e. The van der Waals surface area contributed by atoms with E-state index in [0.717, 1.165) is 26.1 Å². The highest BCUT2D eigenvalue weighted by molar-refractivity contribution is 5.76. The maximum absolute atomic E-state index is 11.5. The van der Waals surface area contributed by atoms with Gasteiger partial charge in [-0.05, 0) is 26.8 Å². The van der Waals surface area contributed by atoms with E-state index >= 15 is 0 Å². The predicted molar refractivity (Wildman–Crippen MR) is 60.3 cm³/mol. The first kappa shape index (κ1) is 13.4. The van der Waals surface area contributed by atoms with Crippen molar-refractivity contribution >= 4 is 5.91 Å². The van der Waals surface area contributed by atoms with Crippen molar-refractivity contribution in [3.63, 3.8) is 0 Å². The second kappa shape index (κ2) is 7.80. The molecule has 14 heavy (non-hydrogen) atoms. The molecule has 0 rings (SSSR count). The molecule has 1 N–H and O–H groups in total. The Labute approximate surface area is 87.9 Å². The molecule has 3 nitrogen and oxygen atoms in total. The molecule has 0 fully saturated rings. The van der Waals surface area contributed by atoms with Gasteiger partial charge in [-0.15, -0.1) is 0 Å². The monoisotopic (exact) mass is 200 g/mol. The van der Waals surface area contributed by atoms with E-state index in [9.17, 15) is 4.79 Å². The summed E-state index contributed by atoms with van der Waals surface area (Å²) in [5.74, 6) is 0.278. The standard InChI is InChI=1S/C11H24N2O/c1-5-13(6-2)11(14)8-7-9-12-10(3)4/h10,12H,5-9H2,1-4H3. The van der Waals surface area contributed by atoms with Gasteiger partial charge in [-0.3, -0.25) is 4.79 Å². The Morgan fingerprint density at radius 1 is 1.29 bits per heavy atom. The van der Waals surface area contributed by atoms with Gasteiger partial charge >= 0.3 is 0 Å². The van der Waals surface area contributed by atoms with Crippen molar-refractivity contribution in [2.75, 3.05) is 19.6 Å². The van der Waals surface area contributed by atoms with E-state index in [4.69, 9.17) is 0 Å². The van der Waals surface area contributed by atoms with Crippen LogP contribution in [0.2, 0.25) is 0 Å². The minimum atomic E-state index is 0.278. The Kier molecular flexibility index (Phi) is 7.48. The van der Waals surface area contributed by atoms with Crippen molar-refractivity contribution in [2.24, 2.45) is 0 Å². The van der Waals surface area contributed by atoms with E-state index in [1.54, 1.807) is 0 Å². The van der Waals surface area contributed by atoms with Crippen LogP contribution in [0.3, 0.4) is 0 Å². The molecule has 0 saturated heterocycles. The zero-order valence-corrected chi connectivity index (χ0v) is 9.97. The van der Waals surface area contributed by atoms with Gasteiger partial charge in [0.05, 0.1) is 0 Å². The van der Waals surface area contributed by atoms with Gasteiger partial charge in [0.25, 0.3) is 0 Å². The third kappa shape index (κ3) is 5.97. The fraction of sp³-hybridized carbons (Fsp3) is 0.909. The lowest BCUT2D eigenvalue weighted by Crippen LogP contribution is -2.31. The minimum absolute atomic E-state index is 0.278. The Morgan fingerprint density at radius 3 is 2.29 bits per heavy atom. The largest absolute Gasteiger partial charge is 0.343 e. The van der Waals surface area contributed by atoms with Crippen molar-refractivity contribution in [1.82, 2.24) is 10.2 Å². The fourth-order valence-corrected chi connectivity index (χ4v) is 1.36. The van der Waals surface area contributed by atoms with Crippen LogP contribution in [0, 0.1) is 0 Å². The van der Waals surface area contributed by atoms with Crippen LogP contribution in [0.5, 0.6) is 0 Å². The zero-order chi connectivity index (χ0) is 11.0. The van der Waals surface area contributed by atoms with Crippen LogP contribution in [0.25, 0.3) is 0 Å². The summed E-state index contributed by atoms with van der Waals surface area (Å²) in [6.45, 7) is 10.9. The summed E-state index contributed by atoms with van der Waals surface area (Å²) in [7, 11) is 0. The van der Waals surface area contributed by atoms with Crippen molar-refractivity contribution in [1.29, 1.82) is 0 Å². The summed E-state index contributed by atoms with van der Waals surface area (Å²) in [6, 6.07) is 0.513. The summed E-state index contributed by atoms with van der Waals surface area (Å²) in [5.41, 5.74) is 0. The molecule has 0 aliphatic carbocycles. The van der Waals surface area contributed by atoms with Gasteiger partial charge in [0.15, 0.2) is 0 Å². The highest BCUT2D eigenvalue weighted by atomic mass is 16.2. The van der Waals surface area contributed by atoms with Gasteiger partial charge in [0.1, 0.15) is 0 Å². The predicted octanol–water partition coefficient (Wildman–Crippen LogP) is 1.63. The molecule has 0 unspecified atom stereocenters. The molecule has 84 valence electrons. The first-order valence-electron chi connectivity index (χ1n) is 5.62. The molecule has 0 aliphatic rings. The van der Waals surface area contributed by atoms with E-state index in [1.807, 2.05) is 18.7 Å². The molecular formula is C11H24N2O. The van der Waals surface area contributed by atoms with Crippen LogP contribution in [0.4, 0.5) is 0 Å². The topological polar surface area (TPSA) is 32.3 Å². The zero-order valence-electron chi connectivity index (χ0n) is 9.97.